The average Bonchev–Trinajstić information content (AvgIpc) is 2.45. The molecule has 19 heavy (non-hydrogen) atoms. The van der Waals surface area contributed by atoms with Crippen LogP contribution in [0.4, 0.5) is 5.69 Å². The molecule has 0 amide bonds. The molecule has 2 rings (SSSR count). The van der Waals surface area contributed by atoms with Gasteiger partial charge < -0.3 is 10.2 Å². The lowest BCUT2D eigenvalue weighted by atomic mass is 9.96. The summed E-state index contributed by atoms with van der Waals surface area (Å²) in [6.45, 7) is 7.70. The third kappa shape index (κ3) is 3.48. The van der Waals surface area contributed by atoms with Gasteiger partial charge in [-0.15, -0.1) is 0 Å². The molecule has 0 saturated carbocycles. The van der Waals surface area contributed by atoms with E-state index in [-0.39, 0.29) is 0 Å². The van der Waals surface area contributed by atoms with Gasteiger partial charge in [-0.05, 0) is 57.8 Å². The summed E-state index contributed by atoms with van der Waals surface area (Å²) in [6.07, 6.45) is 2.47. The molecule has 1 N–H and O–H groups in total. The molecule has 3 heteroatoms. The number of rotatable bonds is 4. The van der Waals surface area contributed by atoms with Crippen LogP contribution in [0.1, 0.15) is 32.3 Å². The van der Waals surface area contributed by atoms with Crippen molar-refractivity contribution in [3.05, 3.63) is 29.8 Å². The summed E-state index contributed by atoms with van der Waals surface area (Å²) in [5, 5.41) is 12.7. The molecule has 1 heterocycles. The second kappa shape index (κ2) is 6.58. The average molecular weight is 257 g/mol. The molecular formula is C16H23N3. The van der Waals surface area contributed by atoms with E-state index in [2.05, 4.69) is 36.2 Å². The quantitative estimate of drug-likeness (QED) is 0.901. The second-order valence-corrected chi connectivity index (χ2v) is 5.57. The van der Waals surface area contributed by atoms with E-state index in [0.717, 1.165) is 36.8 Å². The molecule has 0 aliphatic carbocycles. The van der Waals surface area contributed by atoms with E-state index in [1.165, 1.54) is 12.8 Å². The van der Waals surface area contributed by atoms with Crippen molar-refractivity contribution >= 4 is 5.69 Å². The number of piperidine rings is 1. The zero-order valence-electron chi connectivity index (χ0n) is 11.9. The molecule has 1 fully saturated rings. The molecule has 1 aromatic carbocycles. The normalized spacial score (nSPS) is 16.3. The molecule has 3 nitrogen and oxygen atoms in total. The van der Waals surface area contributed by atoms with Crippen LogP contribution < -0.4 is 10.2 Å². The number of hydrogen-bond acceptors (Lipinski definition) is 3. The van der Waals surface area contributed by atoms with E-state index >= 15 is 0 Å². The molecule has 0 radical (unpaired) electrons. The molecule has 0 aromatic heterocycles. The Labute approximate surface area is 116 Å². The van der Waals surface area contributed by atoms with Crippen molar-refractivity contribution in [3.8, 4) is 6.07 Å². The Bertz CT molecular complexity index is 442. The van der Waals surface area contributed by atoms with E-state index in [0.29, 0.717) is 6.04 Å². The lowest BCUT2D eigenvalue weighted by molar-refractivity contribution is 0.368. The van der Waals surface area contributed by atoms with Gasteiger partial charge in [-0.1, -0.05) is 12.1 Å². The maximum atomic E-state index is 9.27. The SMILES string of the molecule is CC(C)N(CC1CCNCC1)c1ccccc1C#N. The largest absolute Gasteiger partial charge is 0.368 e. The lowest BCUT2D eigenvalue weighted by Gasteiger charge is -2.35. The van der Waals surface area contributed by atoms with Crippen LogP contribution in [-0.4, -0.2) is 25.7 Å². The highest BCUT2D eigenvalue weighted by molar-refractivity contribution is 5.59. The molecular weight excluding hydrogens is 234 g/mol. The molecule has 102 valence electrons. The number of para-hydroxylation sites is 1. The molecule has 0 bridgehead atoms. The van der Waals surface area contributed by atoms with Crippen molar-refractivity contribution in [3.63, 3.8) is 0 Å². The highest BCUT2D eigenvalue weighted by Gasteiger charge is 2.20. The summed E-state index contributed by atoms with van der Waals surface area (Å²) >= 11 is 0. The van der Waals surface area contributed by atoms with Crippen LogP contribution in [-0.2, 0) is 0 Å². The topological polar surface area (TPSA) is 39.1 Å². The fourth-order valence-corrected chi connectivity index (χ4v) is 2.75. The Morgan fingerprint density at radius 3 is 2.63 bits per heavy atom. The monoisotopic (exact) mass is 257 g/mol. The van der Waals surface area contributed by atoms with E-state index in [4.69, 9.17) is 0 Å². The van der Waals surface area contributed by atoms with Crippen LogP contribution >= 0.6 is 0 Å². The van der Waals surface area contributed by atoms with Crippen molar-refractivity contribution in [2.75, 3.05) is 24.5 Å². The first kappa shape index (κ1) is 13.9. The second-order valence-electron chi connectivity index (χ2n) is 5.57. The van der Waals surface area contributed by atoms with Gasteiger partial charge in [-0.2, -0.15) is 5.26 Å². The first-order valence-electron chi connectivity index (χ1n) is 7.19. The van der Waals surface area contributed by atoms with E-state index in [1.807, 2.05) is 18.2 Å². The smallest absolute Gasteiger partial charge is 0.101 e. The third-order valence-electron chi connectivity index (χ3n) is 3.87. The molecule has 1 aromatic rings. The van der Waals surface area contributed by atoms with Gasteiger partial charge in [0.05, 0.1) is 11.3 Å². The Hall–Kier alpha value is -1.53. The molecule has 0 unspecified atom stereocenters. The summed E-state index contributed by atoms with van der Waals surface area (Å²) in [5.74, 6) is 0.732. The minimum Gasteiger partial charge on any atom is -0.368 e. The Morgan fingerprint density at radius 2 is 2.00 bits per heavy atom. The van der Waals surface area contributed by atoms with Gasteiger partial charge in [-0.25, -0.2) is 0 Å². The number of nitriles is 1. The van der Waals surface area contributed by atoms with E-state index in [1.54, 1.807) is 0 Å². The number of hydrogen-bond donors (Lipinski definition) is 1. The summed E-state index contributed by atoms with van der Waals surface area (Å²) in [5.41, 5.74) is 1.86. The van der Waals surface area contributed by atoms with E-state index < -0.39 is 0 Å². The first-order valence-corrected chi connectivity index (χ1v) is 7.19. The summed E-state index contributed by atoms with van der Waals surface area (Å²) in [4.78, 5) is 2.38. The zero-order chi connectivity index (χ0) is 13.7. The molecule has 1 saturated heterocycles. The van der Waals surface area contributed by atoms with Crippen LogP contribution in [0, 0.1) is 17.2 Å². The standard InChI is InChI=1S/C16H23N3/c1-13(2)19(12-14-7-9-18-10-8-14)16-6-4-3-5-15(16)11-17/h3-6,13-14,18H,7-10,12H2,1-2H3. The molecule has 1 aliphatic heterocycles. The summed E-state index contributed by atoms with van der Waals surface area (Å²) < 4.78 is 0. The van der Waals surface area contributed by atoms with Crippen molar-refractivity contribution < 1.29 is 0 Å². The minimum absolute atomic E-state index is 0.421. The van der Waals surface area contributed by atoms with Crippen molar-refractivity contribution in [2.24, 2.45) is 5.92 Å². The van der Waals surface area contributed by atoms with Crippen molar-refractivity contribution in [1.29, 1.82) is 5.26 Å². The predicted octanol–water partition coefficient (Wildman–Crippen LogP) is 2.77. The Morgan fingerprint density at radius 1 is 1.32 bits per heavy atom. The molecule has 0 spiro atoms. The van der Waals surface area contributed by atoms with Gasteiger partial charge in [0.15, 0.2) is 0 Å². The van der Waals surface area contributed by atoms with Crippen LogP contribution in [0.5, 0.6) is 0 Å². The maximum absolute atomic E-state index is 9.27. The first-order chi connectivity index (χ1) is 9.22. The number of benzene rings is 1. The Balaban J connectivity index is 2.17. The highest BCUT2D eigenvalue weighted by atomic mass is 15.2. The number of nitrogens with zero attached hydrogens (tertiary/aromatic N) is 2. The number of anilines is 1. The predicted molar refractivity (Wildman–Crippen MR) is 79.2 cm³/mol. The van der Waals surface area contributed by atoms with Gasteiger partial charge in [0.2, 0.25) is 0 Å². The summed E-state index contributed by atoms with van der Waals surface area (Å²) in [7, 11) is 0. The van der Waals surface area contributed by atoms with Gasteiger partial charge in [0, 0.05) is 12.6 Å². The maximum Gasteiger partial charge on any atom is 0.101 e. The fraction of sp³-hybridized carbons (Fsp3) is 0.562. The molecule has 1 aliphatic rings. The lowest BCUT2D eigenvalue weighted by Crippen LogP contribution is -2.39. The Kier molecular flexibility index (Phi) is 4.81. The van der Waals surface area contributed by atoms with Gasteiger partial charge in [-0.3, -0.25) is 0 Å². The minimum atomic E-state index is 0.421. The highest BCUT2D eigenvalue weighted by Crippen LogP contribution is 2.25. The van der Waals surface area contributed by atoms with Gasteiger partial charge in [0.25, 0.3) is 0 Å². The molecule has 0 atom stereocenters. The van der Waals surface area contributed by atoms with Crippen LogP contribution in [0.2, 0.25) is 0 Å². The van der Waals surface area contributed by atoms with Crippen molar-refractivity contribution in [2.45, 2.75) is 32.7 Å². The number of nitrogens with one attached hydrogen (secondary N) is 1. The van der Waals surface area contributed by atoms with Crippen LogP contribution in [0.25, 0.3) is 0 Å². The van der Waals surface area contributed by atoms with Crippen LogP contribution in [0.3, 0.4) is 0 Å². The van der Waals surface area contributed by atoms with Gasteiger partial charge in [0.1, 0.15) is 6.07 Å². The zero-order valence-corrected chi connectivity index (χ0v) is 11.9. The van der Waals surface area contributed by atoms with Crippen molar-refractivity contribution in [1.82, 2.24) is 5.32 Å². The summed E-state index contributed by atoms with van der Waals surface area (Å²) in [6, 6.07) is 10.7. The fourth-order valence-electron chi connectivity index (χ4n) is 2.75. The van der Waals surface area contributed by atoms with E-state index in [9.17, 15) is 5.26 Å². The van der Waals surface area contributed by atoms with Gasteiger partial charge >= 0.3 is 0 Å². The third-order valence-corrected chi connectivity index (χ3v) is 3.87. The van der Waals surface area contributed by atoms with Crippen LogP contribution in [0.15, 0.2) is 24.3 Å².